The van der Waals surface area contributed by atoms with Gasteiger partial charge in [-0.05, 0) is 19.9 Å². The highest BCUT2D eigenvalue weighted by Crippen LogP contribution is 2.52. The first-order valence-electron chi connectivity index (χ1n) is 14.3. The molecular weight excluding hydrogens is 626 g/mol. The lowest BCUT2D eigenvalue weighted by Crippen LogP contribution is -2.55. The summed E-state index contributed by atoms with van der Waals surface area (Å²) in [6.45, 7) is 2.78. The number of nitrogens with two attached hydrogens (primary N) is 1. The van der Waals surface area contributed by atoms with E-state index in [0.717, 1.165) is 5.23 Å². The van der Waals surface area contributed by atoms with E-state index in [1.165, 1.54) is 51.9 Å². The molecule has 8 N–H and O–H groups in total. The van der Waals surface area contributed by atoms with Crippen molar-refractivity contribution in [3.05, 3.63) is 51.6 Å². The van der Waals surface area contributed by atoms with Gasteiger partial charge in [-0.15, -0.1) is 0 Å². The van der Waals surface area contributed by atoms with Gasteiger partial charge in [0.2, 0.25) is 5.78 Å². The SMILES string of the molecule is COc1cccc2c1C(=O)c1c(O)c3c(c(O)c1C2=O)C[C@@](O)(C(C)=O)C[C@@H]3OC1CC(N(OC)OC)C(O)C(C)O1.NC(=O)NO. The number of aliphatic hydroxyl groups is 2. The molecule has 4 unspecified atom stereocenters. The van der Waals surface area contributed by atoms with E-state index < -0.39 is 88.7 Å². The number of ketones is 3. The second-order valence-corrected chi connectivity index (χ2v) is 11.2. The number of nitrogens with one attached hydrogen (secondary N) is 1. The molecule has 1 heterocycles. The average Bonchev–Trinajstić information content (AvgIpc) is 3.03. The van der Waals surface area contributed by atoms with Crippen LogP contribution in [0.4, 0.5) is 4.79 Å². The van der Waals surface area contributed by atoms with Crippen LogP contribution in [0.25, 0.3) is 0 Å². The lowest BCUT2D eigenvalue weighted by Gasteiger charge is -2.43. The fraction of sp³-hybridized carbons (Fsp3) is 0.467. The minimum absolute atomic E-state index is 0.00278. The van der Waals surface area contributed by atoms with Crippen molar-refractivity contribution in [3.63, 3.8) is 0 Å². The van der Waals surface area contributed by atoms with Gasteiger partial charge in [0.05, 0.1) is 56.3 Å². The smallest absolute Gasteiger partial charge is 0.335 e. The molecule has 17 heteroatoms. The van der Waals surface area contributed by atoms with Crippen LogP contribution < -0.4 is 16.0 Å². The van der Waals surface area contributed by atoms with Crippen LogP contribution in [0.1, 0.15) is 75.8 Å². The summed E-state index contributed by atoms with van der Waals surface area (Å²) in [4.78, 5) is 59.6. The minimum atomic E-state index is -2.04. The largest absolute Gasteiger partial charge is 0.507 e. The molecule has 256 valence electrons. The number of Topliss-reactive ketones (excluding diaryl/α,β-unsaturated/α-hetero) is 1. The lowest BCUT2D eigenvalue weighted by atomic mass is 9.72. The Labute approximate surface area is 268 Å². The van der Waals surface area contributed by atoms with E-state index in [2.05, 4.69) is 5.73 Å². The summed E-state index contributed by atoms with van der Waals surface area (Å²) in [5.41, 5.74) is 2.28. The molecule has 2 aliphatic carbocycles. The minimum Gasteiger partial charge on any atom is -0.507 e. The van der Waals surface area contributed by atoms with Gasteiger partial charge in [0, 0.05) is 36.0 Å². The van der Waals surface area contributed by atoms with E-state index in [0.29, 0.717) is 0 Å². The fourth-order valence-electron chi connectivity index (χ4n) is 6.15. The number of urea groups is 1. The summed E-state index contributed by atoms with van der Waals surface area (Å²) in [5, 5.41) is 53.6. The number of benzene rings is 2. The predicted octanol–water partition coefficient (Wildman–Crippen LogP) is 0.539. The molecule has 47 heavy (non-hydrogen) atoms. The van der Waals surface area contributed by atoms with Gasteiger partial charge >= 0.3 is 6.03 Å². The van der Waals surface area contributed by atoms with E-state index in [1.54, 1.807) is 6.92 Å². The van der Waals surface area contributed by atoms with Crippen molar-refractivity contribution in [3.8, 4) is 17.2 Å². The van der Waals surface area contributed by atoms with Gasteiger partial charge in [-0.25, -0.2) is 10.3 Å². The van der Waals surface area contributed by atoms with Crippen LogP contribution in [0.3, 0.4) is 0 Å². The van der Waals surface area contributed by atoms with Crippen LogP contribution in [0.15, 0.2) is 18.2 Å². The zero-order chi connectivity index (χ0) is 35.0. The Morgan fingerprint density at radius 3 is 2.23 bits per heavy atom. The molecule has 1 aliphatic heterocycles. The maximum atomic E-state index is 13.8. The summed E-state index contributed by atoms with van der Waals surface area (Å²) in [7, 11) is 4.04. The first-order valence-corrected chi connectivity index (χ1v) is 14.3. The molecule has 2 aromatic carbocycles. The maximum absolute atomic E-state index is 13.8. The number of methoxy groups -OCH3 is 1. The molecule has 6 atom stereocenters. The second-order valence-electron chi connectivity index (χ2n) is 11.2. The highest BCUT2D eigenvalue weighted by atomic mass is 16.9. The Hall–Kier alpha value is -4.20. The molecule has 0 aromatic heterocycles. The Morgan fingerprint density at radius 2 is 1.68 bits per heavy atom. The Bertz CT molecular complexity index is 1580. The summed E-state index contributed by atoms with van der Waals surface area (Å²) < 4.78 is 17.4. The first-order chi connectivity index (χ1) is 22.1. The van der Waals surface area contributed by atoms with Gasteiger partial charge in [0.25, 0.3) is 0 Å². The van der Waals surface area contributed by atoms with Crippen molar-refractivity contribution < 1.29 is 68.7 Å². The lowest BCUT2D eigenvalue weighted by molar-refractivity contribution is -0.396. The van der Waals surface area contributed by atoms with Crippen molar-refractivity contribution in [1.82, 2.24) is 10.7 Å². The number of aliphatic hydroxyl groups excluding tert-OH is 1. The zero-order valence-corrected chi connectivity index (χ0v) is 26.2. The van der Waals surface area contributed by atoms with Crippen molar-refractivity contribution in [2.45, 2.75) is 69.4 Å². The number of amides is 2. The van der Waals surface area contributed by atoms with Crippen molar-refractivity contribution in [2.24, 2.45) is 5.73 Å². The summed E-state index contributed by atoms with van der Waals surface area (Å²) in [6, 6.07) is 2.73. The van der Waals surface area contributed by atoms with Crippen LogP contribution in [0.2, 0.25) is 0 Å². The van der Waals surface area contributed by atoms with Crippen LogP contribution in [0, 0.1) is 0 Å². The zero-order valence-electron chi connectivity index (χ0n) is 26.2. The Balaban J connectivity index is 0.000000930. The Kier molecular flexibility index (Phi) is 10.5. The number of nitrogens with zero attached hydrogens (tertiary/aromatic N) is 1. The van der Waals surface area contributed by atoms with Gasteiger partial charge in [0.15, 0.2) is 17.9 Å². The summed E-state index contributed by atoms with van der Waals surface area (Å²) in [6.07, 6.45) is -4.98. The van der Waals surface area contributed by atoms with Crippen LogP contribution in [0.5, 0.6) is 17.2 Å². The number of phenolic OH excluding ortho intramolecular Hbond substituents is 2. The number of hydrogen-bond acceptors (Lipinski definition) is 15. The fourth-order valence-corrected chi connectivity index (χ4v) is 6.15. The molecular formula is C30H37N3O14. The third kappa shape index (κ3) is 6.39. The summed E-state index contributed by atoms with van der Waals surface area (Å²) >= 11 is 0. The summed E-state index contributed by atoms with van der Waals surface area (Å²) in [5.74, 6) is -3.27. The number of carbonyl (C=O) groups is 4. The molecule has 5 rings (SSSR count). The van der Waals surface area contributed by atoms with Crippen molar-refractivity contribution in [2.75, 3.05) is 21.3 Å². The number of rotatable bonds is 7. The number of hydroxylamine groups is 3. The van der Waals surface area contributed by atoms with Gasteiger partial charge in [-0.2, -0.15) is 0 Å². The number of ether oxygens (including phenoxy) is 3. The molecule has 2 amide bonds. The standard InChI is InChI=1S/C29H33NO12.CH4N2O2/c1-12-24(32)16(30(39-4)40-5)9-19(41-12)42-18-11-29(37,13(2)31)10-15-21(18)28(36)23-22(26(15)34)25(33)14-7-6-8-17(38-3)20(14)27(23)35;2-1(4)3-5/h6-8,12,16,18-19,24,32,34,36-37H,9-11H2,1-5H3;5H,(H3,2,3,4)/t12?,16?,18-,19?,24?,29-;/m0./s1. The van der Waals surface area contributed by atoms with Crippen LogP contribution in [-0.4, -0.2) is 106 Å². The van der Waals surface area contributed by atoms with Gasteiger partial charge in [-0.3, -0.25) is 29.3 Å². The van der Waals surface area contributed by atoms with Crippen LogP contribution >= 0.6 is 0 Å². The van der Waals surface area contributed by atoms with Gasteiger partial charge in [-0.1, -0.05) is 17.4 Å². The van der Waals surface area contributed by atoms with Crippen molar-refractivity contribution >= 4 is 23.4 Å². The molecule has 1 saturated heterocycles. The predicted molar refractivity (Wildman–Crippen MR) is 157 cm³/mol. The number of phenols is 2. The maximum Gasteiger partial charge on any atom is 0.335 e. The van der Waals surface area contributed by atoms with E-state index in [-0.39, 0.29) is 40.8 Å². The number of aromatic hydroxyl groups is 2. The van der Waals surface area contributed by atoms with Crippen molar-refractivity contribution in [1.29, 1.82) is 0 Å². The van der Waals surface area contributed by atoms with Crippen LogP contribution in [-0.2, 0) is 30.4 Å². The first kappa shape index (κ1) is 35.7. The highest BCUT2D eigenvalue weighted by molar-refractivity contribution is 6.31. The molecule has 17 nitrogen and oxygen atoms in total. The highest BCUT2D eigenvalue weighted by Gasteiger charge is 2.50. The number of carbonyl (C=O) groups excluding carboxylic acids is 4. The number of hydrogen-bond donors (Lipinski definition) is 7. The molecule has 0 saturated carbocycles. The quantitative estimate of drug-likeness (QED) is 0.103. The topological polar surface area (TPSA) is 257 Å². The van der Waals surface area contributed by atoms with E-state index in [9.17, 15) is 39.6 Å². The molecule has 0 spiro atoms. The average molecular weight is 664 g/mol. The third-order valence-corrected chi connectivity index (χ3v) is 8.46. The van der Waals surface area contributed by atoms with E-state index in [1.807, 2.05) is 0 Å². The van der Waals surface area contributed by atoms with E-state index in [4.69, 9.17) is 29.1 Å². The molecule has 3 aliphatic rings. The Morgan fingerprint density at radius 1 is 1.06 bits per heavy atom. The molecule has 0 radical (unpaired) electrons. The molecule has 2 aromatic rings. The third-order valence-electron chi connectivity index (χ3n) is 8.46. The number of primary amides is 1. The molecule has 1 fully saturated rings. The van der Waals surface area contributed by atoms with E-state index >= 15 is 0 Å². The second kappa shape index (κ2) is 13.9. The van der Waals surface area contributed by atoms with Gasteiger partial charge < -0.3 is 40.4 Å². The monoisotopic (exact) mass is 663 g/mol. The normalized spacial score (nSPS) is 26.4. The number of fused-ring (bicyclic) bond motifs is 3. The van der Waals surface area contributed by atoms with Gasteiger partial charge in [0.1, 0.15) is 29.0 Å². The molecule has 0 bridgehead atoms.